The molecule has 0 unspecified atom stereocenters. The summed E-state index contributed by atoms with van der Waals surface area (Å²) in [4.78, 5) is 32.0. The predicted octanol–water partition coefficient (Wildman–Crippen LogP) is 2.66. The summed E-state index contributed by atoms with van der Waals surface area (Å²) in [5.41, 5.74) is 1.72. The van der Waals surface area contributed by atoms with Gasteiger partial charge in [0.1, 0.15) is 0 Å². The van der Waals surface area contributed by atoms with Crippen LogP contribution in [0.1, 0.15) is 30.4 Å². The van der Waals surface area contributed by atoms with Crippen molar-refractivity contribution >= 4 is 16.8 Å². The Hall–Kier alpha value is -2.95. The first-order valence-electron chi connectivity index (χ1n) is 8.49. The number of hydrogen-bond acceptors (Lipinski definition) is 3. The van der Waals surface area contributed by atoms with Crippen LogP contribution in [0.2, 0.25) is 0 Å². The minimum Gasteiger partial charge on any atom is -0.351 e. The molecule has 2 N–H and O–H groups in total. The maximum absolute atomic E-state index is 12.9. The summed E-state index contributed by atoms with van der Waals surface area (Å²) in [6, 6.07) is 13.3. The minimum absolute atomic E-state index is 0.0162. The highest BCUT2D eigenvalue weighted by Gasteiger charge is 2.45. The molecule has 3 aromatic rings. The fourth-order valence-corrected chi connectivity index (χ4v) is 3.52. The lowest BCUT2D eigenvalue weighted by atomic mass is 9.64. The maximum Gasteiger partial charge on any atom is 0.253 e. The van der Waals surface area contributed by atoms with Gasteiger partial charge in [-0.1, -0.05) is 24.6 Å². The number of amides is 1. The lowest BCUT2D eigenvalue weighted by Crippen LogP contribution is -2.49. The Balaban J connectivity index is 1.56. The number of H-pyrrole nitrogens is 1. The summed E-state index contributed by atoms with van der Waals surface area (Å²) in [7, 11) is 0. The van der Waals surface area contributed by atoms with E-state index in [9.17, 15) is 9.59 Å². The molecule has 0 saturated heterocycles. The third-order valence-corrected chi connectivity index (χ3v) is 5.14. The van der Waals surface area contributed by atoms with Gasteiger partial charge >= 0.3 is 0 Å². The lowest BCUT2D eigenvalue weighted by molar-refractivity contribution is -0.130. The van der Waals surface area contributed by atoms with Crippen molar-refractivity contribution in [2.75, 3.05) is 0 Å². The molecule has 2 aromatic heterocycles. The number of nitrogens with one attached hydrogen (secondary N) is 2. The number of hydrogen-bond donors (Lipinski definition) is 2. The van der Waals surface area contributed by atoms with Gasteiger partial charge in [0.05, 0.1) is 5.41 Å². The van der Waals surface area contributed by atoms with E-state index in [4.69, 9.17) is 0 Å². The Morgan fingerprint density at radius 2 is 1.92 bits per heavy atom. The van der Waals surface area contributed by atoms with Gasteiger partial charge in [-0.2, -0.15) is 0 Å². The highest BCUT2D eigenvalue weighted by Crippen LogP contribution is 2.43. The van der Waals surface area contributed by atoms with Crippen LogP contribution in [0.25, 0.3) is 10.9 Å². The van der Waals surface area contributed by atoms with Crippen LogP contribution in [0, 0.1) is 0 Å². The van der Waals surface area contributed by atoms with E-state index in [2.05, 4.69) is 15.3 Å². The highest BCUT2D eigenvalue weighted by atomic mass is 16.2. The van der Waals surface area contributed by atoms with Gasteiger partial charge in [0.25, 0.3) is 5.56 Å². The van der Waals surface area contributed by atoms with Crippen LogP contribution in [-0.2, 0) is 16.8 Å². The van der Waals surface area contributed by atoms with Gasteiger partial charge in [-0.25, -0.2) is 0 Å². The van der Waals surface area contributed by atoms with Crippen LogP contribution in [-0.4, -0.2) is 15.9 Å². The second kappa shape index (κ2) is 6.16. The van der Waals surface area contributed by atoms with Crippen LogP contribution in [0.5, 0.6) is 0 Å². The van der Waals surface area contributed by atoms with Crippen LogP contribution in [0.15, 0.2) is 59.7 Å². The summed E-state index contributed by atoms with van der Waals surface area (Å²) in [6.07, 6.45) is 6.13. The summed E-state index contributed by atoms with van der Waals surface area (Å²) < 4.78 is 0. The zero-order valence-corrected chi connectivity index (χ0v) is 13.8. The van der Waals surface area contributed by atoms with Crippen molar-refractivity contribution in [3.63, 3.8) is 0 Å². The van der Waals surface area contributed by atoms with Crippen molar-refractivity contribution in [1.29, 1.82) is 0 Å². The summed E-state index contributed by atoms with van der Waals surface area (Å²) >= 11 is 0. The van der Waals surface area contributed by atoms with E-state index in [0.29, 0.717) is 5.56 Å². The molecule has 0 atom stereocenters. The van der Waals surface area contributed by atoms with Gasteiger partial charge < -0.3 is 10.3 Å². The fourth-order valence-electron chi connectivity index (χ4n) is 3.52. The molecule has 0 radical (unpaired) electrons. The monoisotopic (exact) mass is 333 g/mol. The highest BCUT2D eigenvalue weighted by molar-refractivity contribution is 5.89. The quantitative estimate of drug-likeness (QED) is 0.771. The van der Waals surface area contributed by atoms with Gasteiger partial charge in [-0.3, -0.25) is 14.6 Å². The van der Waals surface area contributed by atoms with Crippen LogP contribution in [0.4, 0.5) is 0 Å². The zero-order chi connectivity index (χ0) is 17.3. The second-order valence-electron chi connectivity index (χ2n) is 6.57. The van der Waals surface area contributed by atoms with Gasteiger partial charge in [0.15, 0.2) is 0 Å². The Morgan fingerprint density at radius 3 is 2.64 bits per heavy atom. The number of rotatable bonds is 4. The van der Waals surface area contributed by atoms with Crippen LogP contribution in [0.3, 0.4) is 0 Å². The number of pyridine rings is 2. The van der Waals surface area contributed by atoms with E-state index in [0.717, 1.165) is 35.7 Å². The zero-order valence-electron chi connectivity index (χ0n) is 13.8. The first kappa shape index (κ1) is 15.6. The molecule has 1 amide bonds. The van der Waals surface area contributed by atoms with E-state index in [1.54, 1.807) is 12.4 Å². The average molecular weight is 333 g/mol. The van der Waals surface area contributed by atoms with Crippen molar-refractivity contribution in [2.45, 2.75) is 31.2 Å². The predicted molar refractivity (Wildman–Crippen MR) is 96.2 cm³/mol. The number of nitrogens with zero attached hydrogens (tertiary/aromatic N) is 1. The normalized spacial score (nSPS) is 15.5. The Kier molecular flexibility index (Phi) is 3.84. The average Bonchev–Trinajstić information content (AvgIpc) is 2.60. The van der Waals surface area contributed by atoms with Crippen molar-refractivity contribution in [1.82, 2.24) is 15.3 Å². The molecular formula is C20H19N3O2. The molecule has 1 saturated carbocycles. The Morgan fingerprint density at radius 1 is 1.16 bits per heavy atom. The van der Waals surface area contributed by atoms with E-state index in [-0.39, 0.29) is 18.0 Å². The Bertz CT molecular complexity index is 975. The van der Waals surface area contributed by atoms with E-state index in [1.807, 2.05) is 42.5 Å². The number of para-hydroxylation sites is 1. The Labute approximate surface area is 145 Å². The van der Waals surface area contributed by atoms with Gasteiger partial charge in [-0.15, -0.1) is 0 Å². The maximum atomic E-state index is 12.9. The van der Waals surface area contributed by atoms with Crippen molar-refractivity contribution in [2.24, 2.45) is 0 Å². The first-order chi connectivity index (χ1) is 12.2. The van der Waals surface area contributed by atoms with Gasteiger partial charge in [0.2, 0.25) is 5.91 Å². The molecule has 0 aliphatic heterocycles. The summed E-state index contributed by atoms with van der Waals surface area (Å²) in [5, 5.41) is 3.92. The van der Waals surface area contributed by atoms with Crippen LogP contribution >= 0.6 is 0 Å². The topological polar surface area (TPSA) is 74.8 Å². The largest absolute Gasteiger partial charge is 0.351 e. The molecule has 4 rings (SSSR count). The number of benzene rings is 1. The van der Waals surface area contributed by atoms with E-state index in [1.165, 1.54) is 0 Å². The molecule has 25 heavy (non-hydrogen) atoms. The number of aromatic nitrogens is 2. The van der Waals surface area contributed by atoms with E-state index >= 15 is 0 Å². The molecule has 1 fully saturated rings. The second-order valence-corrected chi connectivity index (χ2v) is 6.57. The SMILES string of the molecule is O=C(NCc1cc2ccccc2[nH]c1=O)C1(c2ccncc2)CCC1. The molecule has 0 bridgehead atoms. The lowest BCUT2D eigenvalue weighted by Gasteiger charge is -2.40. The van der Waals surface area contributed by atoms with E-state index < -0.39 is 5.41 Å². The molecule has 1 aliphatic carbocycles. The number of carbonyl (C=O) groups excluding carboxylic acids is 1. The first-order valence-corrected chi connectivity index (χ1v) is 8.49. The van der Waals surface area contributed by atoms with Crippen molar-refractivity contribution in [3.05, 3.63) is 76.3 Å². The molecular weight excluding hydrogens is 314 g/mol. The van der Waals surface area contributed by atoms with Gasteiger partial charge in [0, 0.05) is 30.0 Å². The number of fused-ring (bicyclic) bond motifs is 1. The molecule has 1 aliphatic rings. The van der Waals surface area contributed by atoms with Crippen LogP contribution < -0.4 is 10.9 Å². The molecule has 0 spiro atoms. The standard InChI is InChI=1S/C20H19N3O2/c24-18-15(12-14-4-1-2-5-17(14)23-18)13-22-19(25)20(8-3-9-20)16-6-10-21-11-7-16/h1-2,4-7,10-12H,3,8-9,13H2,(H,22,25)(H,23,24). The third kappa shape index (κ3) is 2.71. The van der Waals surface area contributed by atoms with Gasteiger partial charge in [-0.05, 0) is 48.1 Å². The van der Waals surface area contributed by atoms with Crippen molar-refractivity contribution in [3.8, 4) is 0 Å². The summed E-state index contributed by atoms with van der Waals surface area (Å²) in [5.74, 6) is -0.0162. The third-order valence-electron chi connectivity index (χ3n) is 5.14. The number of aromatic amines is 1. The summed E-state index contributed by atoms with van der Waals surface area (Å²) in [6.45, 7) is 0.228. The minimum atomic E-state index is -0.480. The molecule has 5 heteroatoms. The molecule has 126 valence electrons. The smallest absolute Gasteiger partial charge is 0.253 e. The fraction of sp³-hybridized carbons (Fsp3) is 0.250. The van der Waals surface area contributed by atoms with Crippen molar-refractivity contribution < 1.29 is 4.79 Å². The molecule has 1 aromatic carbocycles. The molecule has 5 nitrogen and oxygen atoms in total. The molecule has 2 heterocycles. The number of carbonyl (C=O) groups is 1.